The Morgan fingerprint density at radius 1 is 1.12 bits per heavy atom. The number of hydrogen-bond acceptors (Lipinski definition) is 2. The van der Waals surface area contributed by atoms with Crippen LogP contribution < -0.4 is 0 Å². The molecule has 2 aliphatic rings. The van der Waals surface area contributed by atoms with Gasteiger partial charge in [-0.05, 0) is 50.1 Å². The van der Waals surface area contributed by atoms with E-state index in [1.165, 1.54) is 32.1 Å². The summed E-state index contributed by atoms with van der Waals surface area (Å²) in [6.45, 7) is 3.54. The second-order valence-corrected chi connectivity index (χ2v) is 6.24. The van der Waals surface area contributed by atoms with Crippen molar-refractivity contribution in [3.8, 4) is 0 Å². The van der Waals surface area contributed by atoms with E-state index in [9.17, 15) is 0 Å². The molecular formula is C13H22O2Si. The lowest BCUT2D eigenvalue weighted by atomic mass is 9.85. The van der Waals surface area contributed by atoms with Gasteiger partial charge in [-0.1, -0.05) is 18.6 Å². The normalized spacial score (nSPS) is 22.2. The zero-order chi connectivity index (χ0) is 11.2. The van der Waals surface area contributed by atoms with Crippen molar-refractivity contribution in [2.75, 3.05) is 13.2 Å². The summed E-state index contributed by atoms with van der Waals surface area (Å²) in [6.07, 6.45) is 11.3. The molecule has 0 amide bonds. The SMILES string of the molecule is CCO[Si](=CC1CC1)OCC=CC1CCC1. The number of rotatable bonds is 7. The second-order valence-electron chi connectivity index (χ2n) is 4.69. The first-order valence-electron chi connectivity index (χ1n) is 6.52. The quantitative estimate of drug-likeness (QED) is 0.501. The molecule has 0 N–H and O–H groups in total. The minimum Gasteiger partial charge on any atom is -0.524 e. The van der Waals surface area contributed by atoms with E-state index < -0.39 is 8.90 Å². The zero-order valence-corrected chi connectivity index (χ0v) is 11.2. The largest absolute Gasteiger partial charge is 0.524 e. The summed E-state index contributed by atoms with van der Waals surface area (Å²) in [5, 5.41) is 0. The summed E-state index contributed by atoms with van der Waals surface area (Å²) >= 11 is 0. The van der Waals surface area contributed by atoms with Gasteiger partial charge in [0.25, 0.3) is 0 Å². The third-order valence-electron chi connectivity index (χ3n) is 3.16. The molecule has 2 fully saturated rings. The molecule has 2 aliphatic carbocycles. The average Bonchev–Trinajstić information content (AvgIpc) is 2.98. The van der Waals surface area contributed by atoms with Gasteiger partial charge in [0.15, 0.2) is 0 Å². The molecule has 0 unspecified atom stereocenters. The van der Waals surface area contributed by atoms with Gasteiger partial charge in [-0.15, -0.1) is 0 Å². The van der Waals surface area contributed by atoms with E-state index in [1.54, 1.807) is 0 Å². The molecule has 0 heterocycles. The molecule has 0 atom stereocenters. The van der Waals surface area contributed by atoms with Gasteiger partial charge in [-0.25, -0.2) is 0 Å². The summed E-state index contributed by atoms with van der Waals surface area (Å²) in [7, 11) is -1.10. The maximum absolute atomic E-state index is 5.79. The molecule has 0 aromatic rings. The third kappa shape index (κ3) is 4.12. The van der Waals surface area contributed by atoms with Gasteiger partial charge in [0, 0.05) is 0 Å². The van der Waals surface area contributed by atoms with E-state index in [4.69, 9.17) is 8.85 Å². The Kier molecular flexibility index (Phi) is 4.64. The molecule has 0 bridgehead atoms. The Morgan fingerprint density at radius 2 is 1.94 bits per heavy atom. The van der Waals surface area contributed by atoms with Gasteiger partial charge in [0.2, 0.25) is 0 Å². The van der Waals surface area contributed by atoms with Crippen molar-refractivity contribution < 1.29 is 8.85 Å². The van der Waals surface area contributed by atoms with Gasteiger partial charge >= 0.3 is 8.90 Å². The second kappa shape index (κ2) is 6.23. The minimum atomic E-state index is -1.10. The summed E-state index contributed by atoms with van der Waals surface area (Å²) in [5.41, 5.74) is 2.31. The standard InChI is InChI=1S/C13H22O2Si/c1-2-14-16(11-13-8-9-13)15-10-4-7-12-5-3-6-12/h4,7,11-13H,2-3,5-6,8-10H2,1H3. The summed E-state index contributed by atoms with van der Waals surface area (Å²) in [4.78, 5) is 0. The van der Waals surface area contributed by atoms with Crippen LogP contribution in [0.3, 0.4) is 0 Å². The lowest BCUT2D eigenvalue weighted by Crippen LogP contribution is -2.17. The molecule has 0 spiro atoms. The molecule has 0 saturated heterocycles. The highest BCUT2D eigenvalue weighted by molar-refractivity contribution is 6.54. The predicted molar refractivity (Wildman–Crippen MR) is 68.6 cm³/mol. The van der Waals surface area contributed by atoms with E-state index in [2.05, 4.69) is 17.8 Å². The highest BCUT2D eigenvalue weighted by atomic mass is 28.3. The van der Waals surface area contributed by atoms with Crippen LogP contribution in [-0.2, 0) is 8.85 Å². The van der Waals surface area contributed by atoms with Gasteiger partial charge in [-0.2, -0.15) is 0 Å². The van der Waals surface area contributed by atoms with Crippen molar-refractivity contribution in [3.05, 3.63) is 12.2 Å². The van der Waals surface area contributed by atoms with E-state index in [0.29, 0.717) is 0 Å². The van der Waals surface area contributed by atoms with Crippen molar-refractivity contribution in [2.45, 2.75) is 39.0 Å². The first-order valence-corrected chi connectivity index (χ1v) is 7.92. The molecule has 16 heavy (non-hydrogen) atoms. The summed E-state index contributed by atoms with van der Waals surface area (Å²) in [5.74, 6) is 1.62. The van der Waals surface area contributed by atoms with Crippen LogP contribution in [0, 0.1) is 11.8 Å². The third-order valence-corrected chi connectivity index (χ3v) is 4.93. The lowest BCUT2D eigenvalue weighted by molar-refractivity contribution is 0.243. The first-order chi connectivity index (χ1) is 7.88. The summed E-state index contributed by atoms with van der Waals surface area (Å²) in [6, 6.07) is 0. The van der Waals surface area contributed by atoms with Crippen LogP contribution in [0.25, 0.3) is 0 Å². The first kappa shape index (κ1) is 11.9. The monoisotopic (exact) mass is 238 g/mol. The minimum absolute atomic E-state index is 0.730. The Labute approximate surface area is 100 Å². The average molecular weight is 238 g/mol. The predicted octanol–water partition coefficient (Wildman–Crippen LogP) is 2.68. The van der Waals surface area contributed by atoms with Gasteiger partial charge in [0.05, 0.1) is 13.2 Å². The Bertz CT molecular complexity index is 265. The Balaban J connectivity index is 1.66. The van der Waals surface area contributed by atoms with Crippen molar-refractivity contribution in [1.82, 2.24) is 0 Å². The van der Waals surface area contributed by atoms with Crippen LogP contribution in [0.2, 0.25) is 0 Å². The number of hydrogen-bond donors (Lipinski definition) is 0. The van der Waals surface area contributed by atoms with E-state index in [-0.39, 0.29) is 0 Å². The van der Waals surface area contributed by atoms with E-state index >= 15 is 0 Å². The van der Waals surface area contributed by atoms with Crippen molar-refractivity contribution in [2.24, 2.45) is 11.8 Å². The maximum atomic E-state index is 5.79. The van der Waals surface area contributed by atoms with Crippen LogP contribution in [0.4, 0.5) is 0 Å². The molecule has 90 valence electrons. The molecule has 0 aromatic carbocycles. The van der Waals surface area contributed by atoms with E-state index in [1.807, 2.05) is 6.92 Å². The van der Waals surface area contributed by atoms with Crippen LogP contribution in [-0.4, -0.2) is 27.8 Å². The summed E-state index contributed by atoms with van der Waals surface area (Å²) < 4.78 is 11.4. The molecule has 2 saturated carbocycles. The molecule has 2 rings (SSSR count). The van der Waals surface area contributed by atoms with Crippen LogP contribution >= 0.6 is 0 Å². The van der Waals surface area contributed by atoms with Crippen molar-refractivity contribution >= 4 is 14.6 Å². The van der Waals surface area contributed by atoms with Crippen LogP contribution in [0.5, 0.6) is 0 Å². The van der Waals surface area contributed by atoms with Gasteiger partial charge < -0.3 is 8.85 Å². The zero-order valence-electron chi connectivity index (χ0n) is 10.2. The van der Waals surface area contributed by atoms with Crippen molar-refractivity contribution in [3.63, 3.8) is 0 Å². The molecular weight excluding hydrogens is 216 g/mol. The molecule has 0 aromatic heterocycles. The maximum Gasteiger partial charge on any atom is 0.476 e. The topological polar surface area (TPSA) is 18.5 Å². The fourth-order valence-corrected chi connectivity index (χ4v) is 3.29. The lowest BCUT2D eigenvalue weighted by Gasteiger charge is -2.21. The Morgan fingerprint density at radius 3 is 2.50 bits per heavy atom. The Hall–Kier alpha value is -0.573. The van der Waals surface area contributed by atoms with Crippen LogP contribution in [0.1, 0.15) is 39.0 Å². The van der Waals surface area contributed by atoms with E-state index in [0.717, 1.165) is 25.0 Å². The van der Waals surface area contributed by atoms with Crippen LogP contribution in [0.15, 0.2) is 12.2 Å². The van der Waals surface area contributed by atoms with Gasteiger partial charge in [0.1, 0.15) is 0 Å². The molecule has 3 heteroatoms. The molecule has 0 radical (unpaired) electrons. The highest BCUT2D eigenvalue weighted by Crippen LogP contribution is 2.27. The highest BCUT2D eigenvalue weighted by Gasteiger charge is 2.21. The molecule has 2 nitrogen and oxygen atoms in total. The fraction of sp³-hybridized carbons (Fsp3) is 0.769. The number of allylic oxidation sites excluding steroid dienone is 1. The van der Waals surface area contributed by atoms with Gasteiger partial charge in [-0.3, -0.25) is 0 Å². The smallest absolute Gasteiger partial charge is 0.476 e. The molecule has 0 aliphatic heterocycles. The fourth-order valence-electron chi connectivity index (χ4n) is 1.75. The van der Waals surface area contributed by atoms with Crippen molar-refractivity contribution in [1.29, 1.82) is 0 Å².